The van der Waals surface area contributed by atoms with Gasteiger partial charge in [0.1, 0.15) is 24.2 Å². The molecule has 0 aliphatic carbocycles. The van der Waals surface area contributed by atoms with Gasteiger partial charge in [-0.3, -0.25) is 13.9 Å². The zero-order valence-electron chi connectivity index (χ0n) is 24.0. The maximum Gasteiger partial charge on any atom is 0.264 e. The molecule has 0 fully saturated rings. The summed E-state index contributed by atoms with van der Waals surface area (Å²) in [5.74, 6) is -1.06. The molecule has 10 heteroatoms. The van der Waals surface area contributed by atoms with Crippen LogP contribution in [0.3, 0.4) is 0 Å². The third kappa shape index (κ3) is 7.98. The highest BCUT2D eigenvalue weighted by Gasteiger charge is 2.34. The van der Waals surface area contributed by atoms with Crippen molar-refractivity contribution in [3.05, 3.63) is 126 Å². The number of benzene rings is 4. The Morgan fingerprint density at radius 1 is 0.837 bits per heavy atom. The van der Waals surface area contributed by atoms with Gasteiger partial charge in [-0.1, -0.05) is 60.7 Å². The predicted molar refractivity (Wildman–Crippen MR) is 164 cm³/mol. The molecule has 0 aromatic heterocycles. The lowest BCUT2D eigenvalue weighted by Crippen LogP contribution is -2.53. The van der Waals surface area contributed by atoms with E-state index in [-0.39, 0.29) is 23.5 Å². The normalized spacial score (nSPS) is 11.8. The number of rotatable bonds is 13. The van der Waals surface area contributed by atoms with Gasteiger partial charge >= 0.3 is 0 Å². The van der Waals surface area contributed by atoms with Crippen molar-refractivity contribution in [1.29, 1.82) is 0 Å². The maximum absolute atomic E-state index is 14.2. The highest BCUT2D eigenvalue weighted by molar-refractivity contribution is 7.92. The Morgan fingerprint density at radius 2 is 1.42 bits per heavy atom. The van der Waals surface area contributed by atoms with Crippen molar-refractivity contribution in [2.75, 3.05) is 24.5 Å². The molecule has 43 heavy (non-hydrogen) atoms. The van der Waals surface area contributed by atoms with E-state index in [1.54, 1.807) is 0 Å². The number of nitrogens with one attached hydrogen (secondary N) is 1. The standard InChI is InChI=1S/C33H34FN3O5S/c1-3-42-29-18-20-30(21-19-29)43(40,41)37(28-16-14-27(34)15-17-28)24-32(38)36(23-26-12-8-5-9-13-26)31(33(39)35-2)22-25-10-6-4-7-11-25/h4-21,31H,3,22-24H2,1-2H3,(H,35,39)/t31-/m0/s1. The molecule has 0 radical (unpaired) electrons. The predicted octanol–water partition coefficient (Wildman–Crippen LogP) is 4.81. The maximum atomic E-state index is 14.2. The van der Waals surface area contributed by atoms with Crippen LogP contribution in [0.1, 0.15) is 18.1 Å². The third-order valence-electron chi connectivity index (χ3n) is 6.83. The summed E-state index contributed by atoms with van der Waals surface area (Å²) in [7, 11) is -2.81. The van der Waals surface area contributed by atoms with E-state index in [1.807, 2.05) is 67.6 Å². The second-order valence-corrected chi connectivity index (χ2v) is 11.6. The lowest BCUT2D eigenvalue weighted by atomic mass is 10.0. The molecule has 0 unspecified atom stereocenters. The number of anilines is 1. The van der Waals surface area contributed by atoms with Crippen molar-refractivity contribution < 1.29 is 27.1 Å². The first-order valence-corrected chi connectivity index (χ1v) is 15.3. The van der Waals surface area contributed by atoms with Gasteiger partial charge in [-0.05, 0) is 66.6 Å². The van der Waals surface area contributed by atoms with Crippen molar-refractivity contribution in [3.63, 3.8) is 0 Å². The lowest BCUT2D eigenvalue weighted by Gasteiger charge is -2.33. The molecule has 1 atom stereocenters. The van der Waals surface area contributed by atoms with Gasteiger partial charge in [-0.2, -0.15) is 0 Å². The first kappa shape index (κ1) is 31.2. The average Bonchev–Trinajstić information content (AvgIpc) is 3.03. The summed E-state index contributed by atoms with van der Waals surface area (Å²) < 4.78 is 48.2. The highest BCUT2D eigenvalue weighted by atomic mass is 32.2. The fourth-order valence-electron chi connectivity index (χ4n) is 4.64. The summed E-state index contributed by atoms with van der Waals surface area (Å²) in [6.45, 7) is 1.66. The molecule has 4 rings (SSSR count). The molecule has 4 aromatic rings. The zero-order valence-corrected chi connectivity index (χ0v) is 24.8. The van der Waals surface area contributed by atoms with E-state index in [9.17, 15) is 22.4 Å². The van der Waals surface area contributed by atoms with E-state index in [4.69, 9.17) is 4.74 Å². The molecule has 8 nitrogen and oxygen atoms in total. The monoisotopic (exact) mass is 603 g/mol. The molecule has 4 aromatic carbocycles. The van der Waals surface area contributed by atoms with Crippen molar-refractivity contribution in [2.45, 2.75) is 30.8 Å². The fraction of sp³-hybridized carbons (Fsp3) is 0.212. The smallest absolute Gasteiger partial charge is 0.264 e. The summed E-state index contributed by atoms with van der Waals surface area (Å²) in [6.07, 6.45) is 0.210. The van der Waals surface area contributed by atoms with Crippen LogP contribution < -0.4 is 14.4 Å². The van der Waals surface area contributed by atoms with E-state index in [2.05, 4.69) is 5.32 Å². The second kappa shape index (κ2) is 14.5. The zero-order chi connectivity index (χ0) is 30.8. The van der Waals surface area contributed by atoms with Gasteiger partial charge in [0.25, 0.3) is 10.0 Å². The number of ether oxygens (including phenoxy) is 1. The van der Waals surface area contributed by atoms with Crippen molar-refractivity contribution >= 4 is 27.5 Å². The molecular weight excluding hydrogens is 569 g/mol. The summed E-state index contributed by atoms with van der Waals surface area (Å²) in [4.78, 5) is 28.8. The molecule has 0 bridgehead atoms. The lowest BCUT2D eigenvalue weighted by molar-refractivity contribution is -0.139. The number of nitrogens with zero attached hydrogens (tertiary/aromatic N) is 2. The molecule has 0 saturated carbocycles. The number of carbonyl (C=O) groups excluding carboxylic acids is 2. The van der Waals surface area contributed by atoms with Gasteiger partial charge in [0, 0.05) is 20.0 Å². The number of hydrogen-bond donors (Lipinski definition) is 1. The van der Waals surface area contributed by atoms with Crippen LogP contribution in [0.2, 0.25) is 0 Å². The van der Waals surface area contributed by atoms with Gasteiger partial charge in [0.05, 0.1) is 17.2 Å². The Balaban J connectivity index is 1.76. The topological polar surface area (TPSA) is 96.0 Å². The van der Waals surface area contributed by atoms with Crippen LogP contribution in [0.4, 0.5) is 10.1 Å². The third-order valence-corrected chi connectivity index (χ3v) is 8.62. The van der Waals surface area contributed by atoms with Crippen LogP contribution in [0.25, 0.3) is 0 Å². The van der Waals surface area contributed by atoms with Crippen LogP contribution >= 0.6 is 0 Å². The van der Waals surface area contributed by atoms with Crippen LogP contribution in [-0.4, -0.2) is 51.4 Å². The van der Waals surface area contributed by atoms with Crippen molar-refractivity contribution in [1.82, 2.24) is 10.2 Å². The van der Waals surface area contributed by atoms with E-state index in [1.165, 1.54) is 48.3 Å². The number of carbonyl (C=O) groups is 2. The largest absolute Gasteiger partial charge is 0.494 e. The van der Waals surface area contributed by atoms with Gasteiger partial charge in [-0.15, -0.1) is 0 Å². The van der Waals surface area contributed by atoms with Gasteiger partial charge < -0.3 is 15.0 Å². The summed E-state index contributed by atoms with van der Waals surface area (Å²) >= 11 is 0. The van der Waals surface area contributed by atoms with Gasteiger partial charge in [-0.25, -0.2) is 12.8 Å². The van der Waals surface area contributed by atoms with Gasteiger partial charge in [0.15, 0.2) is 0 Å². The average molecular weight is 604 g/mol. The SMILES string of the molecule is CCOc1ccc(S(=O)(=O)N(CC(=O)N(Cc2ccccc2)[C@@H](Cc2ccccc2)C(=O)NC)c2ccc(F)cc2)cc1. The van der Waals surface area contributed by atoms with E-state index in [0.717, 1.165) is 27.6 Å². The van der Waals surface area contributed by atoms with Crippen LogP contribution in [0.5, 0.6) is 5.75 Å². The van der Waals surface area contributed by atoms with Crippen molar-refractivity contribution in [2.24, 2.45) is 0 Å². The van der Waals surface area contributed by atoms with E-state index >= 15 is 0 Å². The summed E-state index contributed by atoms with van der Waals surface area (Å²) in [5, 5.41) is 2.65. The molecule has 1 N–H and O–H groups in total. The van der Waals surface area contributed by atoms with Crippen molar-refractivity contribution in [3.8, 4) is 5.75 Å². The quantitative estimate of drug-likeness (QED) is 0.237. The summed E-state index contributed by atoms with van der Waals surface area (Å²) in [5.41, 5.74) is 1.70. The first-order chi connectivity index (χ1) is 20.7. The molecule has 0 saturated heterocycles. The molecule has 0 aliphatic rings. The summed E-state index contributed by atoms with van der Waals surface area (Å²) in [6, 6.07) is 28.2. The molecule has 0 spiro atoms. The molecule has 0 heterocycles. The van der Waals surface area contributed by atoms with E-state index < -0.39 is 40.2 Å². The molecule has 224 valence electrons. The van der Waals surface area contributed by atoms with Crippen LogP contribution in [0.15, 0.2) is 114 Å². The number of likely N-dealkylation sites (N-methyl/N-ethyl adjacent to an activating group) is 1. The van der Waals surface area contributed by atoms with Crippen LogP contribution in [-0.2, 0) is 32.6 Å². The molecular formula is C33H34FN3O5S. The minimum Gasteiger partial charge on any atom is -0.494 e. The fourth-order valence-corrected chi connectivity index (χ4v) is 6.05. The van der Waals surface area contributed by atoms with Crippen LogP contribution in [0, 0.1) is 5.82 Å². The minimum atomic E-state index is -4.30. The number of amides is 2. The molecule has 0 aliphatic heterocycles. The number of halogens is 1. The first-order valence-electron chi connectivity index (χ1n) is 13.8. The Hall–Kier alpha value is -4.70. The Morgan fingerprint density at radius 3 is 1.98 bits per heavy atom. The Bertz CT molecular complexity index is 1600. The molecule has 2 amide bonds. The Kier molecular flexibility index (Phi) is 10.5. The van der Waals surface area contributed by atoms with E-state index in [0.29, 0.717) is 12.4 Å². The number of hydrogen-bond acceptors (Lipinski definition) is 5. The number of sulfonamides is 1. The minimum absolute atomic E-state index is 0.0605. The highest BCUT2D eigenvalue weighted by Crippen LogP contribution is 2.26. The van der Waals surface area contributed by atoms with Gasteiger partial charge in [0.2, 0.25) is 11.8 Å². The Labute approximate surface area is 251 Å². The second-order valence-electron chi connectivity index (χ2n) is 9.72.